The summed E-state index contributed by atoms with van der Waals surface area (Å²) in [6.07, 6.45) is -0.677. The third-order valence-electron chi connectivity index (χ3n) is 13.2. The zero-order valence-corrected chi connectivity index (χ0v) is 33.9. The number of aliphatic hydroxyl groups is 3. The van der Waals surface area contributed by atoms with E-state index < -0.39 is 83.5 Å². The van der Waals surface area contributed by atoms with E-state index in [0.717, 1.165) is 12.8 Å². The van der Waals surface area contributed by atoms with Crippen LogP contribution in [0.25, 0.3) is 0 Å². The van der Waals surface area contributed by atoms with Gasteiger partial charge in [0.2, 0.25) is 0 Å². The van der Waals surface area contributed by atoms with E-state index in [1.54, 1.807) is 0 Å². The van der Waals surface area contributed by atoms with Crippen LogP contribution in [0, 0.1) is 46.3 Å². The van der Waals surface area contributed by atoms with Crippen LogP contribution in [0.15, 0.2) is 0 Å². The summed E-state index contributed by atoms with van der Waals surface area (Å²) in [5, 5.41) is 31.3. The Kier molecular flexibility index (Phi) is 15.1. The molecular formula is C34H60O17S3. The summed E-state index contributed by atoms with van der Waals surface area (Å²) in [4.78, 5) is 12.1. The van der Waals surface area contributed by atoms with Crippen LogP contribution >= 0.6 is 0 Å². The van der Waals surface area contributed by atoms with Crippen molar-refractivity contribution in [3.05, 3.63) is 0 Å². The molecule has 0 bridgehead atoms. The molecule has 4 aliphatic rings. The lowest BCUT2D eigenvalue weighted by Gasteiger charge is -2.65. The molecular weight excluding hydrogens is 777 g/mol. The maximum atomic E-state index is 12.1. The van der Waals surface area contributed by atoms with Gasteiger partial charge >= 0.3 is 5.97 Å². The Balaban J connectivity index is 1.68. The first-order valence-corrected chi connectivity index (χ1v) is 23.5. The predicted molar refractivity (Wildman–Crippen MR) is 193 cm³/mol. The number of aliphatic hydroxyl groups excluding tert-OH is 3. The van der Waals surface area contributed by atoms with Crippen LogP contribution in [0.3, 0.4) is 0 Å². The topological polar surface area (TPSA) is 278 Å². The number of carbonyl (C=O) groups is 1. The van der Waals surface area contributed by atoms with Crippen LogP contribution in [-0.4, -0.2) is 141 Å². The molecule has 0 spiro atoms. The third kappa shape index (κ3) is 11.5. The van der Waals surface area contributed by atoms with E-state index in [2.05, 4.69) is 20.8 Å². The molecule has 4 saturated carbocycles. The molecule has 17 nitrogen and oxygen atoms in total. The van der Waals surface area contributed by atoms with Gasteiger partial charge in [-0.15, -0.1) is 0 Å². The predicted octanol–water partition coefficient (Wildman–Crippen LogP) is 1.36. The highest BCUT2D eigenvalue weighted by Gasteiger charge is 2.66. The molecule has 0 saturated heterocycles. The smallest absolute Gasteiger partial charge is 0.305 e. The highest BCUT2D eigenvalue weighted by molar-refractivity contribution is 7.86. The number of carbonyl (C=O) groups excluding carboxylic acids is 1. The summed E-state index contributed by atoms with van der Waals surface area (Å²) in [5.74, 6) is -3.20. The molecule has 20 heteroatoms. The second kappa shape index (κ2) is 17.8. The highest BCUT2D eigenvalue weighted by Crippen LogP contribution is 2.69. The summed E-state index contributed by atoms with van der Waals surface area (Å²) < 4.78 is 120. The van der Waals surface area contributed by atoms with E-state index >= 15 is 0 Å². The van der Waals surface area contributed by atoms with E-state index in [9.17, 15) is 54.5 Å². The average Bonchev–Trinajstić information content (AvgIpc) is 3.39. The summed E-state index contributed by atoms with van der Waals surface area (Å²) >= 11 is 0. The van der Waals surface area contributed by atoms with Crippen molar-refractivity contribution in [1.29, 1.82) is 0 Å². The SMILES string of the molecule is COC(=O)CC[C@@H](C)[C@H]1CC[C@H]2[C@@H]3[C@H](OCC(O)CS(=O)(=O)O)C[C@@H]4C[C@H](OCC(O)CS(=O)(=O)O)CC[C@]4(C)[C@H]3C[C@H](OCC(O)CS(=O)(=O)O)[C@]12C. The molecule has 0 aromatic carbocycles. The van der Waals surface area contributed by atoms with Gasteiger partial charge in [0.1, 0.15) is 17.3 Å². The second-order valence-corrected chi connectivity index (χ2v) is 21.2. The molecule has 4 aliphatic carbocycles. The van der Waals surface area contributed by atoms with Crippen molar-refractivity contribution in [3.63, 3.8) is 0 Å². The minimum Gasteiger partial charge on any atom is -0.469 e. The Morgan fingerprint density at radius 3 is 1.81 bits per heavy atom. The number of hydrogen-bond donors (Lipinski definition) is 6. The quantitative estimate of drug-likeness (QED) is 0.0791. The van der Waals surface area contributed by atoms with Crippen molar-refractivity contribution in [3.8, 4) is 0 Å². The molecule has 0 heterocycles. The zero-order chi connectivity index (χ0) is 40.4. The lowest BCUT2D eigenvalue weighted by atomic mass is 9.43. The van der Waals surface area contributed by atoms with Gasteiger partial charge in [-0.1, -0.05) is 20.8 Å². The fraction of sp³-hybridized carbons (Fsp3) is 0.971. The van der Waals surface area contributed by atoms with Crippen molar-refractivity contribution >= 4 is 36.3 Å². The van der Waals surface area contributed by atoms with E-state index in [4.69, 9.17) is 23.5 Å². The summed E-state index contributed by atoms with van der Waals surface area (Å²) in [7, 11) is -12.1. The molecule has 3 unspecified atom stereocenters. The molecule has 0 aliphatic heterocycles. The largest absolute Gasteiger partial charge is 0.469 e. The molecule has 0 radical (unpaired) electrons. The standard InChI is InChI=1S/C34H60O17S3/c1-20(5-8-31(38)48-4)26-6-7-27-32-28(13-30(34(26,27)3)51-16-24(37)19-54(45,46)47)33(2)10-9-25(49-14-22(35)17-52(39,40)41)11-21(33)12-29(32)50-15-23(36)18-53(42,43)44/h20-30,32,35-37H,5-19H2,1-4H3,(H,39,40,41)(H,42,43,44)(H,45,46,47)/t20-,21+,22?,23?,24?,25-,26-,27+,28+,29-,30+,32+,33+,34-/m1/s1. The number of esters is 1. The minimum absolute atomic E-state index is 0.0337. The Hall–Kier alpha value is -1.04. The number of methoxy groups -OCH3 is 1. The summed E-state index contributed by atoms with van der Waals surface area (Å²) in [6.45, 7) is 5.38. The Morgan fingerprint density at radius 1 is 0.741 bits per heavy atom. The Morgan fingerprint density at radius 2 is 1.28 bits per heavy atom. The van der Waals surface area contributed by atoms with Gasteiger partial charge in [0.15, 0.2) is 0 Å². The maximum Gasteiger partial charge on any atom is 0.305 e. The lowest BCUT2D eigenvalue weighted by molar-refractivity contribution is -0.232. The van der Waals surface area contributed by atoms with Gasteiger partial charge in [-0.25, -0.2) is 0 Å². The van der Waals surface area contributed by atoms with Gasteiger partial charge in [-0.2, -0.15) is 25.3 Å². The lowest BCUT2D eigenvalue weighted by Crippen LogP contribution is -2.63. The van der Waals surface area contributed by atoms with E-state index in [1.807, 2.05) is 0 Å². The first kappa shape index (κ1) is 45.7. The molecule has 4 fully saturated rings. The maximum absolute atomic E-state index is 12.1. The normalized spacial score (nSPS) is 36.6. The van der Waals surface area contributed by atoms with Crippen LogP contribution in [0.2, 0.25) is 0 Å². The monoisotopic (exact) mass is 836 g/mol. The van der Waals surface area contributed by atoms with Crippen LogP contribution < -0.4 is 0 Å². The van der Waals surface area contributed by atoms with Gasteiger partial charge in [0.05, 0.1) is 63.6 Å². The number of rotatable bonds is 19. The minimum atomic E-state index is -4.49. The number of ether oxygens (including phenoxy) is 4. The van der Waals surface area contributed by atoms with Crippen LogP contribution in [-0.2, 0) is 54.1 Å². The van der Waals surface area contributed by atoms with Gasteiger partial charge in [0.25, 0.3) is 30.4 Å². The van der Waals surface area contributed by atoms with Crippen molar-refractivity contribution in [1.82, 2.24) is 0 Å². The molecule has 54 heavy (non-hydrogen) atoms. The van der Waals surface area contributed by atoms with Crippen LogP contribution in [0.4, 0.5) is 0 Å². The molecule has 0 aromatic rings. The number of hydrogen-bond acceptors (Lipinski definition) is 14. The van der Waals surface area contributed by atoms with Crippen molar-refractivity contribution in [2.24, 2.45) is 46.3 Å². The fourth-order valence-electron chi connectivity index (χ4n) is 10.9. The highest BCUT2D eigenvalue weighted by atomic mass is 32.2. The molecule has 4 rings (SSSR count). The first-order valence-electron chi connectivity index (χ1n) is 18.7. The summed E-state index contributed by atoms with van der Waals surface area (Å²) in [5.41, 5.74) is -0.884. The van der Waals surface area contributed by atoms with Crippen molar-refractivity contribution in [2.75, 3.05) is 44.2 Å². The molecule has 0 amide bonds. The van der Waals surface area contributed by atoms with E-state index in [-0.39, 0.29) is 79.2 Å². The number of fused-ring (bicyclic) bond motifs is 5. The summed E-state index contributed by atoms with van der Waals surface area (Å²) in [6, 6.07) is 0. The first-order chi connectivity index (χ1) is 24.9. The molecule has 14 atom stereocenters. The fourth-order valence-corrected chi connectivity index (χ4v) is 12.6. The molecule has 316 valence electrons. The average molecular weight is 837 g/mol. The second-order valence-electron chi connectivity index (χ2n) is 16.7. The van der Waals surface area contributed by atoms with Gasteiger partial charge < -0.3 is 34.3 Å². The van der Waals surface area contributed by atoms with Crippen LogP contribution in [0.1, 0.15) is 78.6 Å². The Labute approximate surface area is 319 Å². The third-order valence-corrected chi connectivity index (χ3v) is 15.6. The van der Waals surface area contributed by atoms with E-state index in [0.29, 0.717) is 38.5 Å². The van der Waals surface area contributed by atoms with Gasteiger partial charge in [0, 0.05) is 11.8 Å². The van der Waals surface area contributed by atoms with Crippen molar-refractivity contribution in [2.45, 2.75) is 115 Å². The van der Waals surface area contributed by atoms with Gasteiger partial charge in [-0.3, -0.25) is 18.5 Å². The zero-order valence-electron chi connectivity index (χ0n) is 31.4. The van der Waals surface area contributed by atoms with Crippen LogP contribution in [0.5, 0.6) is 0 Å². The van der Waals surface area contributed by atoms with E-state index in [1.165, 1.54) is 7.11 Å². The van der Waals surface area contributed by atoms with Crippen molar-refractivity contribution < 1.29 is 78.0 Å². The molecule has 0 aromatic heterocycles. The molecule has 6 N–H and O–H groups in total. The van der Waals surface area contributed by atoms with Gasteiger partial charge in [-0.05, 0) is 92.3 Å². The Bertz CT molecular complexity index is 1610.